The number of ether oxygens (including phenoxy) is 3. The van der Waals surface area contributed by atoms with Crippen LogP contribution in [0.4, 0.5) is 4.39 Å². The number of amides is 1. The largest absolute Gasteiger partial charge is 0.493 e. The van der Waals surface area contributed by atoms with Crippen LogP contribution in [0.2, 0.25) is 0 Å². The van der Waals surface area contributed by atoms with Crippen LogP contribution in [0.5, 0.6) is 11.5 Å². The molecular weight excluding hydrogens is 389 g/mol. The van der Waals surface area contributed by atoms with Crippen LogP contribution in [0.15, 0.2) is 42.5 Å². The maximum Gasteiger partial charge on any atom is 0.307 e. The van der Waals surface area contributed by atoms with Gasteiger partial charge in [-0.25, -0.2) is 4.39 Å². The third-order valence-electron chi connectivity index (χ3n) is 5.16. The molecule has 1 amide bonds. The van der Waals surface area contributed by atoms with Crippen molar-refractivity contribution in [2.24, 2.45) is 0 Å². The molecule has 0 N–H and O–H groups in total. The summed E-state index contributed by atoms with van der Waals surface area (Å²) < 4.78 is 28.7. The van der Waals surface area contributed by atoms with Crippen molar-refractivity contribution in [3.05, 3.63) is 65.0 Å². The molecule has 0 saturated carbocycles. The highest BCUT2D eigenvalue weighted by atomic mass is 19.1. The first kappa shape index (κ1) is 21.4. The average molecular weight is 413 g/mol. The maximum atomic E-state index is 13.1. The van der Waals surface area contributed by atoms with E-state index in [0.717, 1.165) is 11.1 Å². The van der Waals surface area contributed by atoms with Gasteiger partial charge in [0.15, 0.2) is 11.5 Å². The van der Waals surface area contributed by atoms with E-state index in [1.165, 1.54) is 32.4 Å². The lowest BCUT2D eigenvalue weighted by Gasteiger charge is -2.36. The lowest BCUT2D eigenvalue weighted by Crippen LogP contribution is -2.40. The summed E-state index contributed by atoms with van der Waals surface area (Å²) in [6.45, 7) is 0.441. The second-order valence-electron chi connectivity index (χ2n) is 6.87. The van der Waals surface area contributed by atoms with E-state index in [1.807, 2.05) is 12.1 Å². The van der Waals surface area contributed by atoms with E-state index in [0.29, 0.717) is 30.0 Å². The predicted octanol–water partition coefficient (Wildman–Crippen LogP) is 3.55. The number of carbonyl (C=O) groups excluding carboxylic acids is 2. The molecule has 0 saturated heterocycles. The molecule has 7 heteroatoms. The standard InChI is InChI=1S/C23H24FNO5/c1-28-20-12-16-10-11-25(22(26)9-6-15-4-7-17(24)8-5-15)19(14-23(27)30-3)18(16)13-21(20)29-2/h4-9,12-13,19H,10-11,14H2,1-3H3/b9-6+. The second-order valence-corrected chi connectivity index (χ2v) is 6.87. The summed E-state index contributed by atoms with van der Waals surface area (Å²) in [6, 6.07) is 9.05. The van der Waals surface area contributed by atoms with Gasteiger partial charge >= 0.3 is 5.97 Å². The fourth-order valence-electron chi connectivity index (χ4n) is 3.59. The Hall–Kier alpha value is -3.35. The third kappa shape index (κ3) is 4.62. The van der Waals surface area contributed by atoms with Crippen LogP contribution in [0.25, 0.3) is 6.08 Å². The van der Waals surface area contributed by atoms with Crippen LogP contribution in [0.1, 0.15) is 29.2 Å². The van der Waals surface area contributed by atoms with Gasteiger partial charge in [-0.3, -0.25) is 9.59 Å². The number of methoxy groups -OCH3 is 3. The topological polar surface area (TPSA) is 65.1 Å². The Bertz CT molecular complexity index is 955. The zero-order valence-electron chi connectivity index (χ0n) is 17.2. The van der Waals surface area contributed by atoms with Gasteiger partial charge in [0.05, 0.1) is 33.8 Å². The van der Waals surface area contributed by atoms with E-state index < -0.39 is 12.0 Å². The van der Waals surface area contributed by atoms with Crippen LogP contribution in [0.3, 0.4) is 0 Å². The van der Waals surface area contributed by atoms with E-state index >= 15 is 0 Å². The molecule has 1 aliphatic rings. The van der Waals surface area contributed by atoms with Gasteiger partial charge in [0.25, 0.3) is 0 Å². The van der Waals surface area contributed by atoms with Crippen LogP contribution >= 0.6 is 0 Å². The minimum absolute atomic E-state index is 0.0229. The Balaban J connectivity index is 1.92. The predicted molar refractivity (Wildman–Crippen MR) is 110 cm³/mol. The lowest BCUT2D eigenvalue weighted by atomic mass is 9.90. The molecule has 2 aromatic rings. The first-order valence-corrected chi connectivity index (χ1v) is 9.52. The van der Waals surface area contributed by atoms with Crippen LogP contribution in [-0.2, 0) is 20.7 Å². The molecule has 3 rings (SSSR count). The minimum Gasteiger partial charge on any atom is -0.493 e. The first-order chi connectivity index (χ1) is 14.5. The average Bonchev–Trinajstić information content (AvgIpc) is 2.77. The maximum absolute atomic E-state index is 13.1. The summed E-state index contributed by atoms with van der Waals surface area (Å²) >= 11 is 0. The molecule has 0 radical (unpaired) electrons. The zero-order valence-corrected chi connectivity index (χ0v) is 17.2. The fraction of sp³-hybridized carbons (Fsp3) is 0.304. The monoisotopic (exact) mass is 413 g/mol. The Morgan fingerprint density at radius 2 is 1.77 bits per heavy atom. The Kier molecular flexibility index (Phi) is 6.72. The van der Waals surface area contributed by atoms with E-state index in [2.05, 4.69) is 0 Å². The molecule has 0 fully saturated rings. The lowest BCUT2D eigenvalue weighted by molar-refractivity contribution is -0.143. The molecule has 1 atom stereocenters. The molecule has 0 bridgehead atoms. The van der Waals surface area contributed by atoms with Gasteiger partial charge in [-0.1, -0.05) is 12.1 Å². The molecule has 158 valence electrons. The summed E-state index contributed by atoms with van der Waals surface area (Å²) in [4.78, 5) is 26.7. The van der Waals surface area contributed by atoms with E-state index in [-0.39, 0.29) is 18.1 Å². The first-order valence-electron chi connectivity index (χ1n) is 9.52. The fourth-order valence-corrected chi connectivity index (χ4v) is 3.59. The van der Waals surface area contributed by atoms with Crippen molar-refractivity contribution < 1.29 is 28.2 Å². The second kappa shape index (κ2) is 9.43. The van der Waals surface area contributed by atoms with Gasteiger partial charge < -0.3 is 19.1 Å². The number of rotatable bonds is 6. The number of halogens is 1. The van der Waals surface area contributed by atoms with Gasteiger partial charge in [0, 0.05) is 12.6 Å². The zero-order chi connectivity index (χ0) is 21.7. The number of hydrogen-bond acceptors (Lipinski definition) is 5. The summed E-state index contributed by atoms with van der Waals surface area (Å²) in [5.41, 5.74) is 2.53. The van der Waals surface area contributed by atoms with Crippen molar-refractivity contribution in [1.29, 1.82) is 0 Å². The molecule has 2 aromatic carbocycles. The number of hydrogen-bond donors (Lipinski definition) is 0. The quantitative estimate of drug-likeness (QED) is 0.535. The van der Waals surface area contributed by atoms with Gasteiger partial charge in [0.1, 0.15) is 5.82 Å². The van der Waals surface area contributed by atoms with Crippen molar-refractivity contribution in [2.45, 2.75) is 18.9 Å². The van der Waals surface area contributed by atoms with Crippen molar-refractivity contribution in [3.63, 3.8) is 0 Å². The molecule has 0 spiro atoms. The molecule has 1 heterocycles. The van der Waals surface area contributed by atoms with Crippen molar-refractivity contribution in [2.75, 3.05) is 27.9 Å². The van der Waals surface area contributed by atoms with Gasteiger partial charge in [-0.2, -0.15) is 0 Å². The Morgan fingerprint density at radius 1 is 1.10 bits per heavy atom. The molecular formula is C23H24FNO5. The molecule has 0 aromatic heterocycles. The Labute approximate surface area is 174 Å². The molecule has 1 unspecified atom stereocenters. The minimum atomic E-state index is -0.494. The summed E-state index contributed by atoms with van der Waals surface area (Å²) in [6.07, 6.45) is 3.70. The molecule has 6 nitrogen and oxygen atoms in total. The van der Waals surface area contributed by atoms with E-state index in [9.17, 15) is 14.0 Å². The van der Waals surface area contributed by atoms with Crippen molar-refractivity contribution in [3.8, 4) is 11.5 Å². The number of benzene rings is 2. The normalized spacial score (nSPS) is 15.6. The molecule has 0 aliphatic carbocycles. The Morgan fingerprint density at radius 3 is 2.40 bits per heavy atom. The number of fused-ring (bicyclic) bond motifs is 1. The number of carbonyl (C=O) groups is 2. The van der Waals surface area contributed by atoms with Crippen molar-refractivity contribution >= 4 is 18.0 Å². The van der Waals surface area contributed by atoms with Crippen molar-refractivity contribution in [1.82, 2.24) is 4.90 Å². The van der Waals surface area contributed by atoms with Crippen LogP contribution in [0, 0.1) is 5.82 Å². The van der Waals surface area contributed by atoms with E-state index in [4.69, 9.17) is 14.2 Å². The van der Waals surface area contributed by atoms with E-state index in [1.54, 1.807) is 30.2 Å². The third-order valence-corrected chi connectivity index (χ3v) is 5.16. The smallest absolute Gasteiger partial charge is 0.307 e. The van der Waals surface area contributed by atoms with Crippen LogP contribution < -0.4 is 9.47 Å². The summed E-state index contributed by atoms with van der Waals surface area (Å²) in [5.74, 6) is 0.136. The highest BCUT2D eigenvalue weighted by Gasteiger charge is 2.33. The van der Waals surface area contributed by atoms with Gasteiger partial charge in [-0.05, 0) is 53.5 Å². The number of nitrogens with zero attached hydrogens (tertiary/aromatic N) is 1. The summed E-state index contributed by atoms with van der Waals surface area (Å²) in [5, 5.41) is 0. The molecule has 30 heavy (non-hydrogen) atoms. The van der Waals surface area contributed by atoms with Gasteiger partial charge in [-0.15, -0.1) is 0 Å². The highest BCUT2D eigenvalue weighted by molar-refractivity contribution is 5.92. The number of esters is 1. The SMILES string of the molecule is COC(=O)CC1c2cc(OC)c(OC)cc2CCN1C(=O)/C=C/c1ccc(F)cc1. The highest BCUT2D eigenvalue weighted by Crippen LogP contribution is 2.39. The van der Waals surface area contributed by atoms with Gasteiger partial charge in [0.2, 0.25) is 5.91 Å². The van der Waals surface area contributed by atoms with Crippen LogP contribution in [-0.4, -0.2) is 44.7 Å². The molecule has 1 aliphatic heterocycles. The summed E-state index contributed by atoms with van der Waals surface area (Å²) in [7, 11) is 4.42.